The molecule has 19 heavy (non-hydrogen) atoms. The van der Waals surface area contributed by atoms with E-state index in [1.54, 1.807) is 11.9 Å². The molecule has 0 heterocycles. The number of carboxylic acid groups (broad SMARTS) is 1. The van der Waals surface area contributed by atoms with Gasteiger partial charge in [0.1, 0.15) is 0 Å². The Morgan fingerprint density at radius 3 is 2.32 bits per heavy atom. The van der Waals surface area contributed by atoms with Crippen LogP contribution in [0.5, 0.6) is 0 Å². The highest BCUT2D eigenvalue weighted by Crippen LogP contribution is 2.24. The summed E-state index contributed by atoms with van der Waals surface area (Å²) in [5.41, 5.74) is 0. The van der Waals surface area contributed by atoms with Crippen LogP contribution in [0, 0.1) is 11.8 Å². The fourth-order valence-electron chi connectivity index (χ4n) is 2.32. The summed E-state index contributed by atoms with van der Waals surface area (Å²) >= 11 is 0. The van der Waals surface area contributed by atoms with Crippen LogP contribution in [0.25, 0.3) is 0 Å². The molecular formula is C14H26N2O3. The third kappa shape index (κ3) is 5.49. The number of urea groups is 1. The van der Waals surface area contributed by atoms with E-state index in [0.29, 0.717) is 18.8 Å². The molecule has 2 N–H and O–H groups in total. The highest BCUT2D eigenvalue weighted by atomic mass is 16.4. The van der Waals surface area contributed by atoms with Crippen molar-refractivity contribution in [1.82, 2.24) is 10.2 Å². The molecule has 0 aromatic heterocycles. The van der Waals surface area contributed by atoms with Crippen LogP contribution in [0.15, 0.2) is 0 Å². The van der Waals surface area contributed by atoms with Gasteiger partial charge in [0.15, 0.2) is 0 Å². The summed E-state index contributed by atoms with van der Waals surface area (Å²) < 4.78 is 0. The largest absolute Gasteiger partial charge is 0.481 e. The molecule has 0 bridgehead atoms. The minimum atomic E-state index is -0.709. The zero-order chi connectivity index (χ0) is 14.4. The molecule has 0 radical (unpaired) electrons. The molecule has 0 aromatic carbocycles. The number of aliphatic carboxylic acids is 1. The first-order valence-corrected chi connectivity index (χ1v) is 7.14. The summed E-state index contributed by atoms with van der Waals surface area (Å²) in [5.74, 6) is -0.355. The van der Waals surface area contributed by atoms with E-state index in [1.165, 1.54) is 0 Å². The van der Waals surface area contributed by atoms with Gasteiger partial charge in [-0.2, -0.15) is 0 Å². The number of amides is 2. The maximum absolute atomic E-state index is 11.9. The number of rotatable bonds is 5. The van der Waals surface area contributed by atoms with Crippen LogP contribution >= 0.6 is 0 Å². The van der Waals surface area contributed by atoms with Crippen LogP contribution < -0.4 is 5.32 Å². The number of carbonyl (C=O) groups is 2. The normalized spacial score (nSPS) is 23.2. The van der Waals surface area contributed by atoms with Crippen molar-refractivity contribution in [2.75, 3.05) is 13.6 Å². The van der Waals surface area contributed by atoms with Crippen LogP contribution in [-0.2, 0) is 4.79 Å². The van der Waals surface area contributed by atoms with Crippen molar-refractivity contribution in [2.24, 2.45) is 11.8 Å². The summed E-state index contributed by atoms with van der Waals surface area (Å²) in [5, 5.41) is 11.9. The molecule has 0 spiro atoms. The Hall–Kier alpha value is -1.26. The lowest BCUT2D eigenvalue weighted by Crippen LogP contribution is -2.45. The Labute approximate surface area is 115 Å². The minimum absolute atomic E-state index is 0.0422. The minimum Gasteiger partial charge on any atom is -0.481 e. The van der Waals surface area contributed by atoms with Crippen molar-refractivity contribution in [2.45, 2.75) is 52.0 Å². The average Bonchev–Trinajstić information content (AvgIpc) is 2.36. The molecule has 0 aromatic rings. The highest BCUT2D eigenvalue weighted by molar-refractivity contribution is 5.74. The first-order valence-electron chi connectivity index (χ1n) is 7.14. The van der Waals surface area contributed by atoms with E-state index >= 15 is 0 Å². The molecule has 5 heteroatoms. The number of hydrogen-bond acceptors (Lipinski definition) is 2. The lowest BCUT2D eigenvalue weighted by molar-refractivity contribution is -0.142. The molecule has 1 fully saturated rings. The molecule has 5 nitrogen and oxygen atoms in total. The van der Waals surface area contributed by atoms with Gasteiger partial charge in [0.25, 0.3) is 0 Å². The quantitative estimate of drug-likeness (QED) is 0.805. The maximum Gasteiger partial charge on any atom is 0.317 e. The van der Waals surface area contributed by atoms with Crippen molar-refractivity contribution in [3.8, 4) is 0 Å². The van der Waals surface area contributed by atoms with Crippen LogP contribution in [0.3, 0.4) is 0 Å². The monoisotopic (exact) mass is 270 g/mol. The van der Waals surface area contributed by atoms with E-state index in [2.05, 4.69) is 19.2 Å². The molecule has 1 rings (SSSR count). The Balaban J connectivity index is 2.28. The Morgan fingerprint density at radius 1 is 1.26 bits per heavy atom. The average molecular weight is 270 g/mol. The first kappa shape index (κ1) is 15.8. The molecule has 0 aliphatic heterocycles. The lowest BCUT2D eigenvalue weighted by atomic mass is 9.86. The van der Waals surface area contributed by atoms with E-state index in [1.807, 2.05) is 0 Å². The van der Waals surface area contributed by atoms with Crippen molar-refractivity contribution in [3.05, 3.63) is 0 Å². The second kappa shape index (κ2) is 7.36. The maximum atomic E-state index is 11.9. The van der Waals surface area contributed by atoms with Gasteiger partial charge in [0.2, 0.25) is 0 Å². The van der Waals surface area contributed by atoms with Gasteiger partial charge in [-0.1, -0.05) is 13.8 Å². The molecule has 110 valence electrons. The summed E-state index contributed by atoms with van der Waals surface area (Å²) in [6.45, 7) is 5.03. The van der Waals surface area contributed by atoms with Crippen LogP contribution in [-0.4, -0.2) is 41.6 Å². The van der Waals surface area contributed by atoms with Gasteiger partial charge in [-0.3, -0.25) is 4.79 Å². The molecule has 0 atom stereocenters. The van der Waals surface area contributed by atoms with E-state index in [0.717, 1.165) is 25.8 Å². The van der Waals surface area contributed by atoms with E-state index < -0.39 is 5.97 Å². The van der Waals surface area contributed by atoms with E-state index in [-0.39, 0.29) is 18.0 Å². The van der Waals surface area contributed by atoms with Gasteiger partial charge in [0.05, 0.1) is 5.92 Å². The van der Waals surface area contributed by atoms with Crippen molar-refractivity contribution >= 4 is 12.0 Å². The second-order valence-electron chi connectivity index (χ2n) is 5.94. The summed E-state index contributed by atoms with van der Waals surface area (Å²) in [4.78, 5) is 24.5. The summed E-state index contributed by atoms with van der Waals surface area (Å²) in [6.07, 6.45) is 3.85. The Bertz CT molecular complexity index is 310. The molecular weight excluding hydrogens is 244 g/mol. The zero-order valence-electron chi connectivity index (χ0n) is 12.2. The molecule has 1 aliphatic rings. The number of carboxylic acids is 1. The van der Waals surface area contributed by atoms with Crippen molar-refractivity contribution < 1.29 is 14.7 Å². The van der Waals surface area contributed by atoms with Gasteiger partial charge >= 0.3 is 12.0 Å². The molecule has 0 saturated heterocycles. The summed E-state index contributed by atoms with van der Waals surface area (Å²) in [7, 11) is 1.81. The molecule has 1 aliphatic carbocycles. The highest BCUT2D eigenvalue weighted by Gasteiger charge is 2.27. The van der Waals surface area contributed by atoms with Gasteiger partial charge in [-0.05, 0) is 38.0 Å². The predicted molar refractivity (Wildman–Crippen MR) is 74.0 cm³/mol. The van der Waals surface area contributed by atoms with Crippen LogP contribution in [0.4, 0.5) is 4.79 Å². The number of nitrogens with one attached hydrogen (secondary N) is 1. The van der Waals surface area contributed by atoms with Gasteiger partial charge in [0, 0.05) is 19.6 Å². The topological polar surface area (TPSA) is 69.6 Å². The van der Waals surface area contributed by atoms with Gasteiger partial charge < -0.3 is 15.3 Å². The van der Waals surface area contributed by atoms with E-state index in [9.17, 15) is 9.59 Å². The summed E-state index contributed by atoms with van der Waals surface area (Å²) in [6, 6.07) is 0.0871. The first-order chi connectivity index (χ1) is 8.90. The third-order valence-corrected chi connectivity index (χ3v) is 3.79. The second-order valence-corrected chi connectivity index (χ2v) is 5.94. The lowest BCUT2D eigenvalue weighted by Gasteiger charge is -2.29. The Morgan fingerprint density at radius 2 is 1.84 bits per heavy atom. The fourth-order valence-corrected chi connectivity index (χ4v) is 2.32. The van der Waals surface area contributed by atoms with Crippen molar-refractivity contribution in [1.29, 1.82) is 0 Å². The molecule has 2 amide bonds. The number of hydrogen-bond donors (Lipinski definition) is 2. The van der Waals surface area contributed by atoms with Crippen molar-refractivity contribution in [3.63, 3.8) is 0 Å². The van der Waals surface area contributed by atoms with Crippen LogP contribution in [0.2, 0.25) is 0 Å². The SMILES string of the molecule is CC(C)CCN(C)C(=O)NC1CCC(C(=O)O)CC1. The molecule has 0 unspecified atom stereocenters. The zero-order valence-corrected chi connectivity index (χ0v) is 12.2. The number of carbonyl (C=O) groups excluding carboxylic acids is 1. The fraction of sp³-hybridized carbons (Fsp3) is 0.857. The van der Waals surface area contributed by atoms with Gasteiger partial charge in [-0.25, -0.2) is 4.79 Å². The smallest absolute Gasteiger partial charge is 0.317 e. The predicted octanol–water partition coefficient (Wildman–Crippen LogP) is 2.32. The Kier molecular flexibility index (Phi) is 6.12. The third-order valence-electron chi connectivity index (χ3n) is 3.79. The standard InChI is InChI=1S/C14H26N2O3/c1-10(2)8-9-16(3)14(19)15-12-6-4-11(5-7-12)13(17)18/h10-12H,4-9H2,1-3H3,(H,15,19)(H,17,18). The van der Waals surface area contributed by atoms with Gasteiger partial charge in [-0.15, -0.1) is 0 Å². The number of nitrogens with zero attached hydrogens (tertiary/aromatic N) is 1. The van der Waals surface area contributed by atoms with Crippen LogP contribution in [0.1, 0.15) is 46.0 Å². The molecule has 1 saturated carbocycles. The van der Waals surface area contributed by atoms with E-state index in [4.69, 9.17) is 5.11 Å².